The van der Waals surface area contributed by atoms with Gasteiger partial charge in [0.05, 0.1) is 0 Å². The summed E-state index contributed by atoms with van der Waals surface area (Å²) in [6, 6.07) is 6.09. The summed E-state index contributed by atoms with van der Waals surface area (Å²) in [5.74, 6) is 0.304. The molecule has 2 rings (SSSR count). The van der Waals surface area contributed by atoms with Gasteiger partial charge in [0.2, 0.25) is 0 Å². The first-order valence-electron chi connectivity index (χ1n) is 3.59. The summed E-state index contributed by atoms with van der Waals surface area (Å²) in [5.41, 5.74) is 2.16. The first-order valence-corrected chi connectivity index (χ1v) is 4.67. The SMILES string of the molecule is O=C1CCc2ccc(I)cc21. The van der Waals surface area contributed by atoms with Gasteiger partial charge in [0.1, 0.15) is 0 Å². The fourth-order valence-corrected chi connectivity index (χ4v) is 1.90. The van der Waals surface area contributed by atoms with Crippen molar-refractivity contribution in [2.24, 2.45) is 0 Å². The molecule has 1 aliphatic carbocycles. The van der Waals surface area contributed by atoms with Gasteiger partial charge in [0.25, 0.3) is 0 Å². The van der Waals surface area contributed by atoms with Crippen molar-refractivity contribution < 1.29 is 4.79 Å². The van der Waals surface area contributed by atoms with Gasteiger partial charge in [-0.15, -0.1) is 0 Å². The molecule has 0 aromatic heterocycles. The van der Waals surface area contributed by atoms with Gasteiger partial charge in [-0.1, -0.05) is 6.07 Å². The van der Waals surface area contributed by atoms with Crippen molar-refractivity contribution in [1.82, 2.24) is 0 Å². The van der Waals surface area contributed by atoms with Crippen LogP contribution in [0.4, 0.5) is 0 Å². The quantitative estimate of drug-likeness (QED) is 0.653. The van der Waals surface area contributed by atoms with Crippen molar-refractivity contribution >= 4 is 28.4 Å². The maximum absolute atomic E-state index is 11.2. The third-order valence-electron chi connectivity index (χ3n) is 1.99. The number of carbonyl (C=O) groups is 1. The summed E-state index contributed by atoms with van der Waals surface area (Å²) in [5, 5.41) is 0. The minimum Gasteiger partial charge on any atom is -0.294 e. The summed E-state index contributed by atoms with van der Waals surface area (Å²) in [6.07, 6.45) is 1.64. The lowest BCUT2D eigenvalue weighted by Gasteiger charge is -1.96. The van der Waals surface area contributed by atoms with Crippen LogP contribution in [0.5, 0.6) is 0 Å². The molecule has 0 saturated carbocycles. The van der Waals surface area contributed by atoms with E-state index in [2.05, 4.69) is 34.7 Å². The lowest BCUT2D eigenvalue weighted by atomic mass is 10.1. The van der Waals surface area contributed by atoms with Crippen molar-refractivity contribution in [3.63, 3.8) is 0 Å². The molecule has 0 N–H and O–H groups in total. The number of hydrogen-bond acceptors (Lipinski definition) is 1. The summed E-state index contributed by atoms with van der Waals surface area (Å²) in [7, 11) is 0. The molecule has 0 heterocycles. The first-order chi connectivity index (χ1) is 5.27. The Kier molecular flexibility index (Phi) is 1.71. The van der Waals surface area contributed by atoms with E-state index in [0.29, 0.717) is 12.2 Å². The summed E-state index contributed by atoms with van der Waals surface area (Å²) < 4.78 is 1.15. The highest BCUT2D eigenvalue weighted by Gasteiger charge is 2.18. The van der Waals surface area contributed by atoms with Crippen LogP contribution in [0, 0.1) is 3.57 Å². The van der Waals surface area contributed by atoms with E-state index in [9.17, 15) is 4.79 Å². The van der Waals surface area contributed by atoms with Gasteiger partial charge in [-0.2, -0.15) is 0 Å². The van der Waals surface area contributed by atoms with Crippen LogP contribution >= 0.6 is 22.6 Å². The van der Waals surface area contributed by atoms with Gasteiger partial charge in [-0.25, -0.2) is 0 Å². The third kappa shape index (κ3) is 1.20. The van der Waals surface area contributed by atoms with E-state index in [1.165, 1.54) is 5.56 Å². The molecule has 1 aromatic carbocycles. The smallest absolute Gasteiger partial charge is 0.163 e. The fraction of sp³-hybridized carbons (Fsp3) is 0.222. The molecule has 11 heavy (non-hydrogen) atoms. The number of fused-ring (bicyclic) bond motifs is 1. The van der Waals surface area contributed by atoms with Gasteiger partial charge < -0.3 is 0 Å². The van der Waals surface area contributed by atoms with Crippen molar-refractivity contribution in [3.8, 4) is 0 Å². The number of benzene rings is 1. The Hall–Kier alpha value is -0.380. The summed E-state index contributed by atoms with van der Waals surface area (Å²) in [4.78, 5) is 11.2. The molecule has 0 aliphatic heterocycles. The van der Waals surface area contributed by atoms with E-state index < -0.39 is 0 Å². The average molecular weight is 258 g/mol. The van der Waals surface area contributed by atoms with E-state index in [-0.39, 0.29) is 0 Å². The topological polar surface area (TPSA) is 17.1 Å². The number of halogens is 1. The monoisotopic (exact) mass is 258 g/mol. The van der Waals surface area contributed by atoms with Crippen LogP contribution in [0.25, 0.3) is 0 Å². The number of ketones is 1. The van der Waals surface area contributed by atoms with Crippen LogP contribution in [0.2, 0.25) is 0 Å². The predicted octanol–water partition coefficient (Wildman–Crippen LogP) is 2.42. The zero-order chi connectivity index (χ0) is 7.84. The molecule has 1 nitrogen and oxygen atoms in total. The van der Waals surface area contributed by atoms with E-state index in [0.717, 1.165) is 15.6 Å². The molecule has 1 aromatic rings. The van der Waals surface area contributed by atoms with Crippen LogP contribution in [0.15, 0.2) is 18.2 Å². The van der Waals surface area contributed by atoms with Gasteiger partial charge in [0.15, 0.2) is 5.78 Å². The van der Waals surface area contributed by atoms with Gasteiger partial charge in [0, 0.05) is 15.6 Å². The van der Waals surface area contributed by atoms with Crippen LogP contribution in [0.1, 0.15) is 22.3 Å². The summed E-state index contributed by atoms with van der Waals surface area (Å²) in [6.45, 7) is 0. The second-order valence-corrected chi connectivity index (χ2v) is 3.97. The molecule has 0 atom stereocenters. The molecule has 2 heteroatoms. The number of hydrogen-bond donors (Lipinski definition) is 0. The van der Waals surface area contributed by atoms with Crippen molar-refractivity contribution in [2.75, 3.05) is 0 Å². The maximum atomic E-state index is 11.2. The molecule has 0 radical (unpaired) electrons. The van der Waals surface area contributed by atoms with E-state index in [1.807, 2.05) is 6.07 Å². The predicted molar refractivity (Wildman–Crippen MR) is 51.8 cm³/mol. The van der Waals surface area contributed by atoms with Crippen LogP contribution < -0.4 is 0 Å². The van der Waals surface area contributed by atoms with Crippen molar-refractivity contribution in [3.05, 3.63) is 32.9 Å². The number of carbonyl (C=O) groups excluding carboxylic acids is 1. The zero-order valence-electron chi connectivity index (χ0n) is 5.93. The first kappa shape index (κ1) is 7.28. The van der Waals surface area contributed by atoms with Crippen molar-refractivity contribution in [1.29, 1.82) is 0 Å². The molecule has 0 saturated heterocycles. The third-order valence-corrected chi connectivity index (χ3v) is 2.66. The average Bonchev–Trinajstić information content (AvgIpc) is 2.33. The Bertz CT molecular complexity index is 317. The van der Waals surface area contributed by atoms with E-state index >= 15 is 0 Å². The van der Waals surface area contributed by atoms with Crippen LogP contribution in [-0.2, 0) is 6.42 Å². The Morgan fingerprint density at radius 1 is 1.27 bits per heavy atom. The molecule has 0 bridgehead atoms. The fourth-order valence-electron chi connectivity index (χ4n) is 1.41. The Morgan fingerprint density at radius 2 is 2.09 bits per heavy atom. The molecule has 0 unspecified atom stereocenters. The standard InChI is InChI=1S/C9H7IO/c10-7-3-1-6-2-4-9(11)8(6)5-7/h1,3,5H,2,4H2. The molecular formula is C9H7IO. The largest absolute Gasteiger partial charge is 0.294 e. The minimum atomic E-state index is 0.304. The van der Waals surface area contributed by atoms with Gasteiger partial charge >= 0.3 is 0 Å². The maximum Gasteiger partial charge on any atom is 0.163 e. The van der Waals surface area contributed by atoms with Crippen LogP contribution in [0.3, 0.4) is 0 Å². The van der Waals surface area contributed by atoms with Gasteiger partial charge in [-0.3, -0.25) is 4.79 Å². The molecule has 56 valence electrons. The zero-order valence-corrected chi connectivity index (χ0v) is 8.09. The second-order valence-electron chi connectivity index (χ2n) is 2.72. The minimum absolute atomic E-state index is 0.304. The molecule has 1 aliphatic rings. The summed E-state index contributed by atoms with van der Waals surface area (Å²) >= 11 is 2.23. The highest BCUT2D eigenvalue weighted by molar-refractivity contribution is 14.1. The van der Waals surface area contributed by atoms with Crippen LogP contribution in [-0.4, -0.2) is 5.78 Å². The molecule has 0 spiro atoms. The normalized spacial score (nSPS) is 15.2. The van der Waals surface area contributed by atoms with Crippen molar-refractivity contribution in [2.45, 2.75) is 12.8 Å². The highest BCUT2D eigenvalue weighted by Crippen LogP contribution is 2.23. The van der Waals surface area contributed by atoms with E-state index in [1.54, 1.807) is 0 Å². The molecule has 0 amide bonds. The number of Topliss-reactive ketones (excluding diaryl/α,β-unsaturated/α-hetero) is 1. The lowest BCUT2D eigenvalue weighted by molar-refractivity contribution is 0.0994. The van der Waals surface area contributed by atoms with E-state index in [4.69, 9.17) is 0 Å². The number of aryl methyl sites for hydroxylation is 1. The molecule has 0 fully saturated rings. The van der Waals surface area contributed by atoms with Gasteiger partial charge in [-0.05, 0) is 46.7 Å². The lowest BCUT2D eigenvalue weighted by Crippen LogP contribution is -1.90. The Morgan fingerprint density at radius 3 is 2.91 bits per heavy atom. The number of rotatable bonds is 0. The Labute approximate surface area is 78.9 Å². The highest BCUT2D eigenvalue weighted by atomic mass is 127. The second kappa shape index (κ2) is 2.59. The Balaban J connectivity index is 2.60. The molecular weight excluding hydrogens is 251 g/mol.